The zero-order valence-electron chi connectivity index (χ0n) is 11.4. The van der Waals surface area contributed by atoms with Crippen molar-refractivity contribution in [3.8, 4) is 0 Å². The summed E-state index contributed by atoms with van der Waals surface area (Å²) in [5, 5.41) is 0.545. The van der Waals surface area contributed by atoms with Gasteiger partial charge in [-0.05, 0) is 25.7 Å². The lowest BCUT2D eigenvalue weighted by molar-refractivity contribution is -0.201. The summed E-state index contributed by atoms with van der Waals surface area (Å²) < 4.78 is 5.49. The normalized spacial score (nSPS) is 25.2. The summed E-state index contributed by atoms with van der Waals surface area (Å²) in [5.41, 5.74) is 0. The second-order valence-corrected chi connectivity index (χ2v) is 4.97. The molecule has 0 saturated carbocycles. The molecule has 1 saturated heterocycles. The third kappa shape index (κ3) is 4.16. The van der Waals surface area contributed by atoms with Crippen LogP contribution in [0.1, 0.15) is 44.9 Å². The average Bonchev–Trinajstić information content (AvgIpc) is 2.69. The molecule has 1 unspecified atom stereocenters. The van der Waals surface area contributed by atoms with Crippen LogP contribution in [0.25, 0.3) is 0 Å². The van der Waals surface area contributed by atoms with E-state index in [0.29, 0.717) is 5.06 Å². The molecule has 0 bridgehead atoms. The van der Waals surface area contributed by atoms with Crippen molar-refractivity contribution in [3.63, 3.8) is 0 Å². The Morgan fingerprint density at radius 2 is 1.95 bits per heavy atom. The molecule has 1 aliphatic carbocycles. The van der Waals surface area contributed by atoms with Crippen molar-refractivity contribution in [2.24, 2.45) is 0 Å². The van der Waals surface area contributed by atoms with E-state index in [0.717, 1.165) is 32.1 Å². The van der Waals surface area contributed by atoms with E-state index >= 15 is 0 Å². The van der Waals surface area contributed by atoms with E-state index in [-0.39, 0.29) is 25.6 Å². The Morgan fingerprint density at radius 1 is 1.20 bits per heavy atom. The molecule has 0 aromatic carbocycles. The molecule has 1 atom stereocenters. The van der Waals surface area contributed by atoms with Crippen molar-refractivity contribution in [3.05, 3.63) is 12.2 Å². The van der Waals surface area contributed by atoms with Gasteiger partial charge in [-0.1, -0.05) is 18.6 Å². The third-order valence-corrected chi connectivity index (χ3v) is 3.35. The second-order valence-electron chi connectivity index (χ2n) is 4.97. The molecule has 20 heavy (non-hydrogen) atoms. The summed E-state index contributed by atoms with van der Waals surface area (Å²) in [6, 6.07) is 0. The van der Waals surface area contributed by atoms with Crippen LogP contribution in [0.3, 0.4) is 0 Å². The number of amides is 2. The minimum Gasteiger partial charge on any atom is -0.366 e. The summed E-state index contributed by atoms with van der Waals surface area (Å²) in [5.74, 6) is -1.66. The van der Waals surface area contributed by atoms with Gasteiger partial charge in [0.25, 0.3) is 11.8 Å². The Hall–Kier alpha value is -1.69. The highest BCUT2D eigenvalue weighted by molar-refractivity contribution is 6.01. The van der Waals surface area contributed by atoms with Gasteiger partial charge >= 0.3 is 5.97 Å². The highest BCUT2D eigenvalue weighted by Crippen LogP contribution is 2.16. The third-order valence-electron chi connectivity index (χ3n) is 3.35. The Balaban J connectivity index is 1.74. The first-order valence-corrected chi connectivity index (χ1v) is 7.00. The van der Waals surface area contributed by atoms with E-state index in [4.69, 9.17) is 9.57 Å². The van der Waals surface area contributed by atoms with Gasteiger partial charge in [0.1, 0.15) is 6.61 Å². The maximum atomic E-state index is 11.6. The van der Waals surface area contributed by atoms with Gasteiger partial charge in [0.2, 0.25) is 0 Å². The molecule has 2 amide bonds. The molecule has 0 spiro atoms. The number of rotatable bonds is 4. The number of carbonyl (C=O) groups is 3. The maximum absolute atomic E-state index is 11.6. The summed E-state index contributed by atoms with van der Waals surface area (Å²) in [7, 11) is 0. The molecular weight excluding hydrogens is 262 g/mol. The molecule has 0 aromatic heterocycles. The highest BCUT2D eigenvalue weighted by atomic mass is 16.7. The first kappa shape index (κ1) is 14.7. The van der Waals surface area contributed by atoms with E-state index in [9.17, 15) is 14.4 Å². The topological polar surface area (TPSA) is 72.9 Å². The fourth-order valence-electron chi connectivity index (χ4n) is 2.24. The van der Waals surface area contributed by atoms with E-state index in [1.54, 1.807) is 0 Å². The van der Waals surface area contributed by atoms with E-state index in [1.165, 1.54) is 0 Å². The van der Waals surface area contributed by atoms with Crippen molar-refractivity contribution < 1.29 is 24.0 Å². The predicted octanol–water partition coefficient (Wildman–Crippen LogP) is 1.50. The van der Waals surface area contributed by atoms with Crippen molar-refractivity contribution in [1.29, 1.82) is 0 Å². The minimum atomic E-state index is -0.709. The van der Waals surface area contributed by atoms with Gasteiger partial charge in [0.15, 0.2) is 0 Å². The Bertz CT molecular complexity index is 402. The van der Waals surface area contributed by atoms with Gasteiger partial charge in [0, 0.05) is 12.8 Å². The Labute approximate surface area is 117 Å². The number of hydrogen-bond donors (Lipinski definition) is 0. The van der Waals surface area contributed by atoms with Crippen LogP contribution >= 0.6 is 0 Å². The molecule has 2 rings (SSSR count). The van der Waals surface area contributed by atoms with E-state index < -0.39 is 17.8 Å². The zero-order chi connectivity index (χ0) is 14.4. The fourth-order valence-corrected chi connectivity index (χ4v) is 2.24. The minimum absolute atomic E-state index is 0.0101. The molecule has 0 aromatic rings. The lowest BCUT2D eigenvalue weighted by atomic mass is 10.0. The van der Waals surface area contributed by atoms with Crippen LogP contribution in [-0.2, 0) is 24.0 Å². The Kier molecular flexibility index (Phi) is 5.29. The van der Waals surface area contributed by atoms with Crippen LogP contribution in [0.15, 0.2) is 12.2 Å². The van der Waals surface area contributed by atoms with Crippen molar-refractivity contribution in [2.45, 2.75) is 51.0 Å². The van der Waals surface area contributed by atoms with Crippen LogP contribution < -0.4 is 0 Å². The van der Waals surface area contributed by atoms with Crippen LogP contribution in [0.4, 0.5) is 0 Å². The van der Waals surface area contributed by atoms with Gasteiger partial charge in [0.05, 0.1) is 6.10 Å². The van der Waals surface area contributed by atoms with Crippen molar-refractivity contribution >= 4 is 17.8 Å². The van der Waals surface area contributed by atoms with Gasteiger partial charge < -0.3 is 9.57 Å². The first-order chi connectivity index (χ1) is 9.66. The van der Waals surface area contributed by atoms with E-state index in [1.807, 2.05) is 0 Å². The van der Waals surface area contributed by atoms with Crippen LogP contribution in [-0.4, -0.2) is 35.6 Å². The molecule has 1 fully saturated rings. The molecule has 0 N–H and O–H groups in total. The van der Waals surface area contributed by atoms with Crippen LogP contribution in [0.2, 0.25) is 0 Å². The largest absolute Gasteiger partial charge is 0.366 e. The molecule has 1 aliphatic heterocycles. The predicted molar refractivity (Wildman–Crippen MR) is 69.1 cm³/mol. The standard InChI is InChI=1S/C14H19NO5/c16-12-8-9-13(17)15(12)20-14(18)10-19-11-6-4-2-1-3-5-7-11/h2,4,11H,1,3,5-10H2/b4-2+. The van der Waals surface area contributed by atoms with Gasteiger partial charge in [-0.2, -0.15) is 0 Å². The van der Waals surface area contributed by atoms with Gasteiger partial charge in [-0.3, -0.25) is 9.59 Å². The number of nitrogens with zero attached hydrogens (tertiary/aromatic N) is 1. The summed E-state index contributed by atoms with van der Waals surface area (Å²) in [6.45, 7) is -0.241. The molecule has 6 heteroatoms. The number of hydrogen-bond acceptors (Lipinski definition) is 5. The zero-order valence-corrected chi connectivity index (χ0v) is 11.4. The lowest BCUT2D eigenvalue weighted by Crippen LogP contribution is -2.34. The monoisotopic (exact) mass is 281 g/mol. The molecule has 0 radical (unpaired) electrons. The quantitative estimate of drug-likeness (QED) is 0.576. The maximum Gasteiger partial charge on any atom is 0.358 e. The van der Waals surface area contributed by atoms with Crippen LogP contribution in [0, 0.1) is 0 Å². The molecular formula is C14H19NO5. The smallest absolute Gasteiger partial charge is 0.358 e. The fraction of sp³-hybridized carbons (Fsp3) is 0.643. The van der Waals surface area contributed by atoms with Crippen molar-refractivity contribution in [2.75, 3.05) is 6.61 Å². The number of ether oxygens (including phenoxy) is 1. The molecule has 110 valence electrons. The molecule has 6 nitrogen and oxygen atoms in total. The SMILES string of the molecule is O=C(COC1C/C=C/CCCC1)ON1C(=O)CCC1=O. The number of hydroxylamine groups is 2. The first-order valence-electron chi connectivity index (χ1n) is 7.00. The lowest BCUT2D eigenvalue weighted by Gasteiger charge is -2.18. The van der Waals surface area contributed by atoms with Gasteiger partial charge in [-0.15, -0.1) is 5.06 Å². The summed E-state index contributed by atoms with van der Waals surface area (Å²) >= 11 is 0. The summed E-state index contributed by atoms with van der Waals surface area (Å²) in [6.07, 6.45) is 9.31. The number of carbonyl (C=O) groups excluding carboxylic acids is 3. The number of allylic oxidation sites excluding steroid dienone is 1. The molecule has 2 aliphatic rings. The van der Waals surface area contributed by atoms with E-state index in [2.05, 4.69) is 12.2 Å². The van der Waals surface area contributed by atoms with Crippen molar-refractivity contribution in [1.82, 2.24) is 5.06 Å². The average molecular weight is 281 g/mol. The highest BCUT2D eigenvalue weighted by Gasteiger charge is 2.32. The number of imide groups is 1. The molecule has 1 heterocycles. The summed E-state index contributed by atoms with van der Waals surface area (Å²) in [4.78, 5) is 38.9. The Morgan fingerprint density at radius 3 is 2.70 bits per heavy atom. The van der Waals surface area contributed by atoms with Gasteiger partial charge in [-0.25, -0.2) is 4.79 Å². The second kappa shape index (κ2) is 7.19. The van der Waals surface area contributed by atoms with Crippen LogP contribution in [0.5, 0.6) is 0 Å².